The number of rotatable bonds is 7. The van der Waals surface area contributed by atoms with E-state index in [4.69, 9.17) is 14.9 Å². The Kier molecular flexibility index (Phi) is 5.34. The zero-order valence-electron chi connectivity index (χ0n) is 11.5. The van der Waals surface area contributed by atoms with Crippen LogP contribution in [-0.4, -0.2) is 19.1 Å². The van der Waals surface area contributed by atoms with E-state index in [2.05, 4.69) is 5.32 Å². The van der Waals surface area contributed by atoms with Crippen molar-refractivity contribution >= 4 is 11.6 Å². The molecule has 2 rings (SSSR count). The molecule has 1 aromatic carbocycles. The summed E-state index contributed by atoms with van der Waals surface area (Å²) >= 11 is 0. The summed E-state index contributed by atoms with van der Waals surface area (Å²) in [4.78, 5) is 11.8. The molecule has 3 N–H and O–H groups in total. The topological polar surface area (TPSA) is 77.5 Å². The lowest BCUT2D eigenvalue weighted by Gasteiger charge is -2.07. The zero-order chi connectivity index (χ0) is 15.1. The molecule has 1 aromatic heterocycles. The van der Waals surface area contributed by atoms with E-state index in [0.29, 0.717) is 26.2 Å². The molecule has 1 amide bonds. The van der Waals surface area contributed by atoms with Gasteiger partial charge in [0.25, 0.3) is 5.91 Å². The van der Waals surface area contributed by atoms with Crippen LogP contribution in [0.15, 0.2) is 41.0 Å². The number of halogens is 1. The highest BCUT2D eigenvalue weighted by Crippen LogP contribution is 2.13. The number of anilines is 1. The number of nitrogens with one attached hydrogen (secondary N) is 1. The number of nitrogen functional groups attached to an aromatic ring is 1. The molecule has 0 aliphatic heterocycles. The number of amides is 1. The molecule has 0 aliphatic rings. The summed E-state index contributed by atoms with van der Waals surface area (Å²) in [5, 5.41) is 2.71. The number of nitrogens with two attached hydrogens (primary N) is 1. The molecule has 0 saturated carbocycles. The Balaban J connectivity index is 1.65. The number of hydrogen-bond donors (Lipinski definition) is 2. The minimum absolute atomic E-state index is 0.126. The standard InChI is InChI=1S/C15H17FN2O3/c16-11-4-5-13(14(17)9-11)15(19)18-6-2-7-20-10-12-3-1-8-21-12/h1,3-5,8-9H,2,6-7,10,17H2,(H,18,19). The van der Waals surface area contributed by atoms with Crippen molar-refractivity contribution in [3.63, 3.8) is 0 Å². The lowest BCUT2D eigenvalue weighted by Crippen LogP contribution is -2.26. The fraction of sp³-hybridized carbons (Fsp3) is 0.267. The number of furan rings is 1. The van der Waals surface area contributed by atoms with Gasteiger partial charge in [-0.3, -0.25) is 4.79 Å². The average molecular weight is 292 g/mol. The van der Waals surface area contributed by atoms with Gasteiger partial charge in [-0.05, 0) is 36.8 Å². The molecule has 0 aliphatic carbocycles. The first-order valence-corrected chi connectivity index (χ1v) is 6.60. The Bertz CT molecular complexity index is 585. The van der Waals surface area contributed by atoms with Crippen LogP contribution < -0.4 is 11.1 Å². The third kappa shape index (κ3) is 4.61. The minimum Gasteiger partial charge on any atom is -0.467 e. The van der Waals surface area contributed by atoms with Crippen molar-refractivity contribution in [1.82, 2.24) is 5.32 Å². The Labute approximate surface area is 121 Å². The average Bonchev–Trinajstić information content (AvgIpc) is 2.95. The largest absolute Gasteiger partial charge is 0.467 e. The summed E-state index contributed by atoms with van der Waals surface area (Å²) in [7, 11) is 0. The Hall–Kier alpha value is -2.34. The van der Waals surface area contributed by atoms with E-state index in [-0.39, 0.29) is 17.2 Å². The van der Waals surface area contributed by atoms with E-state index in [1.54, 1.807) is 12.3 Å². The molecule has 0 fully saturated rings. The van der Waals surface area contributed by atoms with Gasteiger partial charge in [-0.15, -0.1) is 0 Å². The van der Waals surface area contributed by atoms with Gasteiger partial charge in [-0.2, -0.15) is 0 Å². The highest BCUT2D eigenvalue weighted by atomic mass is 19.1. The third-order valence-corrected chi connectivity index (χ3v) is 2.83. The predicted octanol–water partition coefficient (Wildman–Crippen LogP) is 2.34. The quantitative estimate of drug-likeness (QED) is 0.606. The van der Waals surface area contributed by atoms with E-state index in [1.807, 2.05) is 6.07 Å². The number of benzene rings is 1. The van der Waals surface area contributed by atoms with Crippen LogP contribution in [0, 0.1) is 5.82 Å². The second-order valence-electron chi connectivity index (χ2n) is 4.47. The maximum absolute atomic E-state index is 12.9. The molecular formula is C15H17FN2O3. The zero-order valence-corrected chi connectivity index (χ0v) is 11.5. The van der Waals surface area contributed by atoms with E-state index in [9.17, 15) is 9.18 Å². The van der Waals surface area contributed by atoms with Crippen molar-refractivity contribution in [3.05, 3.63) is 53.7 Å². The summed E-state index contributed by atoms with van der Waals surface area (Å²) in [6.45, 7) is 1.36. The lowest BCUT2D eigenvalue weighted by molar-refractivity contribution is 0.0917. The number of carbonyl (C=O) groups is 1. The summed E-state index contributed by atoms with van der Waals surface area (Å²) in [6.07, 6.45) is 2.25. The second kappa shape index (κ2) is 7.44. The molecule has 112 valence electrons. The lowest BCUT2D eigenvalue weighted by atomic mass is 10.1. The van der Waals surface area contributed by atoms with Gasteiger partial charge in [0.1, 0.15) is 18.2 Å². The molecule has 0 bridgehead atoms. The van der Waals surface area contributed by atoms with Crippen molar-refractivity contribution in [3.8, 4) is 0 Å². The van der Waals surface area contributed by atoms with Crippen LogP contribution in [-0.2, 0) is 11.3 Å². The van der Waals surface area contributed by atoms with Gasteiger partial charge in [0, 0.05) is 18.8 Å². The minimum atomic E-state index is -0.463. The molecule has 0 atom stereocenters. The SMILES string of the molecule is Nc1cc(F)ccc1C(=O)NCCCOCc1ccco1. The first-order valence-electron chi connectivity index (χ1n) is 6.60. The van der Waals surface area contributed by atoms with E-state index >= 15 is 0 Å². The van der Waals surface area contributed by atoms with Gasteiger partial charge in [0.05, 0.1) is 11.8 Å². The smallest absolute Gasteiger partial charge is 0.253 e. The number of hydrogen-bond acceptors (Lipinski definition) is 4. The third-order valence-electron chi connectivity index (χ3n) is 2.83. The van der Waals surface area contributed by atoms with Crippen molar-refractivity contribution in [2.75, 3.05) is 18.9 Å². The van der Waals surface area contributed by atoms with E-state index in [1.165, 1.54) is 12.1 Å². The highest BCUT2D eigenvalue weighted by molar-refractivity contribution is 5.99. The normalized spacial score (nSPS) is 10.5. The summed E-state index contributed by atoms with van der Waals surface area (Å²) in [5.74, 6) is -0.0213. The molecule has 21 heavy (non-hydrogen) atoms. The first kappa shape index (κ1) is 15.1. The van der Waals surface area contributed by atoms with E-state index in [0.717, 1.165) is 11.8 Å². The molecule has 0 spiro atoms. The van der Waals surface area contributed by atoms with Crippen LogP contribution in [0.2, 0.25) is 0 Å². The Morgan fingerprint density at radius 3 is 2.95 bits per heavy atom. The van der Waals surface area contributed by atoms with Crippen LogP contribution >= 0.6 is 0 Å². The Morgan fingerprint density at radius 2 is 2.24 bits per heavy atom. The van der Waals surface area contributed by atoms with Gasteiger partial charge < -0.3 is 20.2 Å². The van der Waals surface area contributed by atoms with Crippen LogP contribution in [0.1, 0.15) is 22.5 Å². The van der Waals surface area contributed by atoms with Gasteiger partial charge >= 0.3 is 0 Å². The maximum atomic E-state index is 12.9. The van der Waals surface area contributed by atoms with Crippen molar-refractivity contribution in [1.29, 1.82) is 0 Å². The van der Waals surface area contributed by atoms with Gasteiger partial charge in [-0.25, -0.2) is 4.39 Å². The van der Waals surface area contributed by atoms with E-state index < -0.39 is 5.82 Å². The molecule has 2 aromatic rings. The van der Waals surface area contributed by atoms with Crippen molar-refractivity contribution in [2.45, 2.75) is 13.0 Å². The summed E-state index contributed by atoms with van der Waals surface area (Å²) in [5.41, 5.74) is 5.99. The Morgan fingerprint density at radius 1 is 1.38 bits per heavy atom. The molecular weight excluding hydrogens is 275 g/mol. The fourth-order valence-corrected chi connectivity index (χ4v) is 1.78. The van der Waals surface area contributed by atoms with Crippen LogP contribution in [0.3, 0.4) is 0 Å². The van der Waals surface area contributed by atoms with Gasteiger partial charge in [0.15, 0.2) is 0 Å². The maximum Gasteiger partial charge on any atom is 0.253 e. The monoisotopic (exact) mass is 292 g/mol. The second-order valence-corrected chi connectivity index (χ2v) is 4.47. The molecule has 0 unspecified atom stereocenters. The molecule has 0 saturated heterocycles. The summed E-state index contributed by atoms with van der Waals surface area (Å²) < 4.78 is 23.4. The number of ether oxygens (including phenoxy) is 1. The highest BCUT2D eigenvalue weighted by Gasteiger charge is 2.09. The molecule has 1 heterocycles. The molecule has 5 nitrogen and oxygen atoms in total. The van der Waals surface area contributed by atoms with Crippen molar-refractivity contribution < 1.29 is 18.3 Å². The van der Waals surface area contributed by atoms with Crippen LogP contribution in [0.5, 0.6) is 0 Å². The van der Waals surface area contributed by atoms with Crippen molar-refractivity contribution in [2.24, 2.45) is 0 Å². The van der Waals surface area contributed by atoms with Crippen LogP contribution in [0.25, 0.3) is 0 Å². The van der Waals surface area contributed by atoms with Gasteiger partial charge in [-0.1, -0.05) is 0 Å². The fourth-order valence-electron chi connectivity index (χ4n) is 1.78. The molecule has 0 radical (unpaired) electrons. The predicted molar refractivity (Wildman–Crippen MR) is 76.1 cm³/mol. The summed E-state index contributed by atoms with van der Waals surface area (Å²) in [6, 6.07) is 7.33. The first-order chi connectivity index (χ1) is 10.2. The molecule has 6 heteroatoms. The van der Waals surface area contributed by atoms with Gasteiger partial charge in [0.2, 0.25) is 0 Å². The number of carbonyl (C=O) groups excluding carboxylic acids is 1. The van der Waals surface area contributed by atoms with Crippen LogP contribution in [0.4, 0.5) is 10.1 Å².